The number of benzene rings is 1. The van der Waals surface area contributed by atoms with Crippen LogP contribution < -0.4 is 14.0 Å². The maximum Gasteiger partial charge on any atom is 0.200 e. The van der Waals surface area contributed by atoms with Crippen LogP contribution in [0.3, 0.4) is 0 Å². The highest BCUT2D eigenvalue weighted by Gasteiger charge is 2.33. The maximum atomic E-state index is 10.9. The highest BCUT2D eigenvalue weighted by Crippen LogP contribution is 2.44. The summed E-state index contributed by atoms with van der Waals surface area (Å²) in [6.45, 7) is 0. The number of aliphatic imine (C=N–C) groups is 1. The molecule has 1 atom stereocenters. The van der Waals surface area contributed by atoms with Gasteiger partial charge in [-0.15, -0.1) is 0 Å². The first-order chi connectivity index (χ1) is 10.0. The first kappa shape index (κ1) is 14.8. The van der Waals surface area contributed by atoms with E-state index in [1.54, 1.807) is 36.4 Å². The van der Waals surface area contributed by atoms with E-state index in [2.05, 4.69) is 8.73 Å². The third-order valence-electron chi connectivity index (χ3n) is 2.40. The second-order valence-electron chi connectivity index (χ2n) is 3.82. The van der Waals surface area contributed by atoms with E-state index in [4.69, 9.17) is 4.42 Å². The fraction of sp³-hybridized carbons (Fsp3) is 0. The average Bonchev–Trinajstić information content (AvgIpc) is 3.06. The van der Waals surface area contributed by atoms with E-state index in [1.807, 2.05) is 6.07 Å². The molecule has 0 amide bonds. The fourth-order valence-electron chi connectivity index (χ4n) is 1.61. The van der Waals surface area contributed by atoms with Crippen LogP contribution >= 0.6 is 20.6 Å². The van der Waals surface area contributed by atoms with Crippen molar-refractivity contribution in [3.63, 3.8) is 0 Å². The molecule has 3 rings (SSSR count). The van der Waals surface area contributed by atoms with Gasteiger partial charge in [-0.25, -0.2) is 4.99 Å². The summed E-state index contributed by atoms with van der Waals surface area (Å²) in [4.78, 5) is 4.74. The fourth-order valence-corrected chi connectivity index (χ4v) is 5.84. The van der Waals surface area contributed by atoms with Gasteiger partial charge in [0.05, 0.1) is 16.5 Å². The molecule has 1 aliphatic heterocycles. The van der Waals surface area contributed by atoms with E-state index in [0.29, 0.717) is 21.4 Å². The van der Waals surface area contributed by atoms with Crippen molar-refractivity contribution in [1.29, 1.82) is 0 Å². The van der Waals surface area contributed by atoms with Gasteiger partial charge in [0, 0.05) is 16.4 Å². The molecule has 0 aliphatic carbocycles. The third kappa shape index (κ3) is 3.55. The molecule has 21 heavy (non-hydrogen) atoms. The lowest BCUT2D eigenvalue weighted by Gasteiger charge is -2.12. The average molecular weight is 346 g/mol. The smallest absolute Gasteiger partial charge is 0.200 e. The summed E-state index contributed by atoms with van der Waals surface area (Å²) in [6, 6.07) is 12.3. The molecule has 0 radical (unpaired) electrons. The van der Waals surface area contributed by atoms with E-state index in [1.165, 1.54) is 6.26 Å². The molecule has 6 nitrogen and oxygen atoms in total. The second kappa shape index (κ2) is 5.93. The minimum Gasteiger partial charge on any atom is -0.462 e. The Morgan fingerprint density at radius 2 is 1.86 bits per heavy atom. The van der Waals surface area contributed by atoms with Crippen LogP contribution in [0.2, 0.25) is 0 Å². The van der Waals surface area contributed by atoms with Crippen molar-refractivity contribution in [1.82, 2.24) is 0 Å². The van der Waals surface area contributed by atoms with Crippen LogP contribution in [-0.4, -0.2) is 10.0 Å². The molecule has 2 heterocycles. The summed E-state index contributed by atoms with van der Waals surface area (Å²) in [5, 5.41) is 0.473. The van der Waals surface area contributed by atoms with Gasteiger partial charge in [0.15, 0.2) is 10.8 Å². The molecule has 1 unspecified atom stereocenters. The number of furan rings is 1. The third-order valence-corrected chi connectivity index (χ3v) is 6.59. The van der Waals surface area contributed by atoms with Crippen LogP contribution in [0.5, 0.6) is 0 Å². The normalized spacial score (nSPS) is 18.9. The molecule has 110 valence electrons. The van der Waals surface area contributed by atoms with Gasteiger partial charge in [-0.05, 0) is 12.1 Å². The van der Waals surface area contributed by atoms with Crippen molar-refractivity contribution < 1.29 is 32.4 Å². The minimum atomic E-state index is -4.54. The first-order valence-electron chi connectivity index (χ1n) is 5.61. The van der Waals surface area contributed by atoms with Gasteiger partial charge in [-0.2, -0.15) is 14.0 Å². The van der Waals surface area contributed by atoms with Gasteiger partial charge in [0.1, 0.15) is 8.72 Å². The number of hydrogen-bond acceptors (Lipinski definition) is 7. The van der Waals surface area contributed by atoms with Gasteiger partial charge in [-0.1, -0.05) is 30.3 Å². The summed E-state index contributed by atoms with van der Waals surface area (Å²) in [5.74, 6) is 0.493. The van der Waals surface area contributed by atoms with E-state index < -0.39 is 20.0 Å². The lowest BCUT2D eigenvalue weighted by Crippen LogP contribution is -2.60. The number of rotatable bonds is 4. The van der Waals surface area contributed by atoms with Gasteiger partial charge in [0.2, 0.25) is 9.80 Å². The molecule has 0 fully saturated rings. The van der Waals surface area contributed by atoms with Crippen molar-refractivity contribution in [2.45, 2.75) is 0 Å². The molecular formula is C12H8ClNO5S2. The molecule has 0 saturated heterocycles. The summed E-state index contributed by atoms with van der Waals surface area (Å²) in [7, 11) is -4.85. The molecule has 1 aromatic carbocycles. The summed E-state index contributed by atoms with van der Waals surface area (Å²) in [5.41, 5.74) is 0.689. The molecule has 0 N–H and O–H groups in total. The van der Waals surface area contributed by atoms with Crippen molar-refractivity contribution in [2.24, 2.45) is 4.99 Å². The quantitative estimate of drug-likeness (QED) is 0.569. The zero-order valence-electron chi connectivity index (χ0n) is 10.3. The van der Waals surface area contributed by atoms with Gasteiger partial charge in [0.25, 0.3) is 0 Å². The standard InChI is InChI=1S/C12H8ClNO5S2/c15-13(16,17)19-21-12(9-5-2-1-3-6-9)14-11(20-21)10-7-4-8-18-10/h1-8H. The summed E-state index contributed by atoms with van der Waals surface area (Å²) in [6.07, 6.45) is 1.49. The Morgan fingerprint density at radius 1 is 1.10 bits per heavy atom. The second-order valence-corrected chi connectivity index (χ2v) is 7.90. The van der Waals surface area contributed by atoms with Crippen LogP contribution in [0.4, 0.5) is 0 Å². The van der Waals surface area contributed by atoms with Crippen LogP contribution in [0.1, 0.15) is 11.3 Å². The minimum absolute atomic E-state index is 0.388. The van der Waals surface area contributed by atoms with Crippen LogP contribution in [0.25, 0.3) is 0 Å². The molecule has 1 aliphatic rings. The highest BCUT2D eigenvalue weighted by molar-refractivity contribution is 8.87. The Morgan fingerprint density at radius 3 is 2.48 bits per heavy atom. The predicted octanol–water partition coefficient (Wildman–Crippen LogP) is -0.0360. The van der Waals surface area contributed by atoms with Crippen LogP contribution in [0, 0.1) is 10.2 Å². The molecule has 0 spiro atoms. The number of nitrogens with zero attached hydrogens (tertiary/aromatic N) is 1. The number of hydrogen-bond donors (Lipinski definition) is 0. The van der Waals surface area contributed by atoms with Crippen molar-refractivity contribution in [3.05, 3.63) is 60.1 Å². The summed E-state index contributed by atoms with van der Waals surface area (Å²) >= 11 is 0. The van der Waals surface area contributed by atoms with E-state index in [9.17, 15) is 14.0 Å². The zero-order valence-corrected chi connectivity index (χ0v) is 12.7. The van der Waals surface area contributed by atoms with E-state index in [-0.39, 0.29) is 0 Å². The molecule has 2 aromatic rings. The largest absolute Gasteiger partial charge is 0.462 e. The van der Waals surface area contributed by atoms with Gasteiger partial charge < -0.3 is 4.42 Å². The topological polar surface area (TPSA) is 104 Å². The zero-order chi connectivity index (χ0) is 14.9. The molecular weight excluding hydrogens is 338 g/mol. The van der Waals surface area contributed by atoms with E-state index in [0.717, 1.165) is 10.8 Å². The van der Waals surface area contributed by atoms with Crippen LogP contribution in [-0.2, 0) is 3.74 Å². The van der Waals surface area contributed by atoms with Gasteiger partial charge in [-0.3, -0.25) is 0 Å². The maximum absolute atomic E-state index is 10.9. The van der Waals surface area contributed by atoms with Crippen molar-refractivity contribution in [3.8, 4) is 0 Å². The predicted molar refractivity (Wildman–Crippen MR) is 72.1 cm³/mol. The summed E-state index contributed by atoms with van der Waals surface area (Å²) < 4.78 is 42.4. The Labute approximate surface area is 128 Å². The van der Waals surface area contributed by atoms with Gasteiger partial charge >= 0.3 is 0 Å². The Bertz CT molecular complexity index is 694. The Hall–Kier alpha value is -1.13. The van der Waals surface area contributed by atoms with Crippen LogP contribution in [0.15, 0.2) is 58.1 Å². The molecule has 0 bridgehead atoms. The SMILES string of the molecule is [O-][Cl+3]([O-])([O-])OS1=C(c2ccccc2)N=C(c2ccco2)S1. The number of halogens is 1. The Kier molecular flexibility index (Phi) is 4.18. The molecule has 1 aromatic heterocycles. The lowest BCUT2D eigenvalue weighted by molar-refractivity contribution is -1.91. The lowest BCUT2D eigenvalue weighted by atomic mass is 10.2. The van der Waals surface area contributed by atoms with Crippen molar-refractivity contribution >= 4 is 30.6 Å². The first-order valence-corrected chi connectivity index (χ1v) is 9.33. The Balaban J connectivity index is 1.99. The highest BCUT2D eigenvalue weighted by atomic mass is 35.7. The molecule has 0 saturated carbocycles. The van der Waals surface area contributed by atoms with E-state index >= 15 is 0 Å². The monoisotopic (exact) mass is 345 g/mol. The molecule has 9 heteroatoms. The van der Waals surface area contributed by atoms with Crippen molar-refractivity contribution in [2.75, 3.05) is 0 Å².